The van der Waals surface area contributed by atoms with Gasteiger partial charge in [-0.3, -0.25) is 9.59 Å². The second-order valence-corrected chi connectivity index (χ2v) is 31.6. The van der Waals surface area contributed by atoms with Crippen molar-refractivity contribution in [2.75, 3.05) is 77.1 Å². The molecule has 0 aromatic heterocycles. The molecule has 2 aromatic rings. The summed E-state index contributed by atoms with van der Waals surface area (Å²) in [4.78, 5) is 46.1. The van der Waals surface area contributed by atoms with Crippen molar-refractivity contribution in [2.24, 2.45) is 52.3 Å². The number of carbonyl (C=O) groups excluding carboxylic acids is 3. The summed E-state index contributed by atoms with van der Waals surface area (Å²) in [5, 5.41) is 73.1. The minimum atomic E-state index is -1.21. The van der Waals surface area contributed by atoms with Crippen LogP contribution in [0.5, 0.6) is 17.2 Å². The molecule has 4 saturated heterocycles. The number of carbonyl (C=O) groups is 3. The lowest BCUT2D eigenvalue weighted by atomic mass is 9.51. The van der Waals surface area contributed by atoms with E-state index >= 15 is 4.79 Å². The number of nitrogens with one attached hydrogen (secondary N) is 4. The number of fused-ring (bicyclic) bond motifs is 5. The molecule has 5 heterocycles. The number of ether oxygens (including phenoxy) is 3. The minimum absolute atomic E-state index is 0.0239. The maximum Gasteiger partial charge on any atom is 0.332 e. The third kappa shape index (κ3) is 14.7. The average Bonchev–Trinajstić information content (AvgIpc) is 0.900. The number of piperazine rings is 1. The van der Waals surface area contributed by atoms with Crippen LogP contribution in [0.25, 0.3) is 0 Å². The van der Waals surface area contributed by atoms with Gasteiger partial charge in [0.15, 0.2) is 11.5 Å². The van der Waals surface area contributed by atoms with Crippen LogP contribution in [-0.4, -0.2) is 161 Å². The lowest BCUT2D eigenvalue weighted by Crippen LogP contribution is -2.65. The maximum absolute atomic E-state index is 15.9. The molecule has 9 N–H and O–H groups in total. The van der Waals surface area contributed by atoms with Crippen molar-refractivity contribution in [3.63, 3.8) is 0 Å². The van der Waals surface area contributed by atoms with E-state index in [4.69, 9.17) is 14.2 Å². The van der Waals surface area contributed by atoms with Crippen molar-refractivity contribution < 1.29 is 54.1 Å². The molecule has 4 aliphatic carbocycles. The van der Waals surface area contributed by atoms with Crippen LogP contribution in [0.1, 0.15) is 178 Å². The number of aliphatic hydroxyl groups excluding tert-OH is 2. The van der Waals surface area contributed by atoms with Crippen molar-refractivity contribution in [2.45, 2.75) is 203 Å². The van der Waals surface area contributed by atoms with Crippen molar-refractivity contribution in [1.29, 1.82) is 0 Å². The zero-order valence-corrected chi connectivity index (χ0v) is 54.4. The van der Waals surface area contributed by atoms with Gasteiger partial charge in [-0.2, -0.15) is 0 Å². The van der Waals surface area contributed by atoms with Crippen LogP contribution in [-0.2, 0) is 30.3 Å². The third-order valence-corrected chi connectivity index (χ3v) is 25.8. The largest absolute Gasteiger partial charge is 0.508 e. The Morgan fingerprint density at radius 2 is 1.68 bits per heavy atom. The van der Waals surface area contributed by atoms with Crippen LogP contribution in [0.4, 0.5) is 0 Å². The number of hydrogen-bond donors (Lipinski definition) is 9. The molecule has 6 fully saturated rings. The summed E-state index contributed by atoms with van der Waals surface area (Å²) in [7, 11) is 3.29. The Bertz CT molecular complexity index is 2760. The van der Waals surface area contributed by atoms with E-state index in [0.29, 0.717) is 114 Å². The normalized spacial score (nSPS) is 34.9. The fourth-order valence-electron chi connectivity index (χ4n) is 18.6. The van der Waals surface area contributed by atoms with E-state index in [2.05, 4.69) is 51.0 Å². The molecule has 2 saturated carbocycles. The van der Waals surface area contributed by atoms with Gasteiger partial charge < -0.3 is 65.9 Å². The molecule has 18 heteroatoms. The molecule has 486 valence electrons. The average molecular weight is 1250 g/mol. The molecule has 0 bridgehead atoms. The van der Waals surface area contributed by atoms with E-state index in [1.165, 1.54) is 6.92 Å². The summed E-state index contributed by atoms with van der Waals surface area (Å²) in [5.74, 6) is 7.77. The number of phenols is 2. The van der Waals surface area contributed by atoms with Gasteiger partial charge in [-0.25, -0.2) is 4.79 Å². The van der Waals surface area contributed by atoms with Crippen LogP contribution < -0.4 is 26.0 Å². The van der Waals surface area contributed by atoms with Gasteiger partial charge in [0.2, 0.25) is 5.91 Å². The van der Waals surface area contributed by atoms with Crippen molar-refractivity contribution in [1.82, 2.24) is 26.2 Å². The number of hydrogen-bond acceptors (Lipinski definition) is 17. The third-order valence-electron chi connectivity index (χ3n) is 23.2. The lowest BCUT2D eigenvalue weighted by Gasteiger charge is -2.56. The first-order valence-corrected chi connectivity index (χ1v) is 36.5. The molecular formula is C70H103N5O11S2. The molecule has 88 heavy (non-hydrogen) atoms. The topological polar surface area (TPSA) is 231 Å². The highest BCUT2D eigenvalue weighted by molar-refractivity contribution is 8.76. The number of phenolic OH excluding ortho intramolecular Hbond substituents is 2. The highest BCUT2D eigenvalue weighted by atomic mass is 33.1. The smallest absolute Gasteiger partial charge is 0.332 e. The van der Waals surface area contributed by atoms with E-state index < -0.39 is 52.7 Å². The first-order valence-electron chi connectivity index (χ1n) is 34.1. The van der Waals surface area contributed by atoms with Crippen LogP contribution >= 0.6 is 21.6 Å². The van der Waals surface area contributed by atoms with Gasteiger partial charge in [0.1, 0.15) is 23.5 Å². The predicted molar refractivity (Wildman–Crippen MR) is 345 cm³/mol. The fraction of sp³-hybridized carbons (Fsp3) is 0.757. The first-order chi connectivity index (χ1) is 42.5. The van der Waals surface area contributed by atoms with Gasteiger partial charge in [0, 0.05) is 117 Å². The number of esters is 2. The van der Waals surface area contributed by atoms with Gasteiger partial charge in [0.05, 0.1) is 18.3 Å². The molecule has 1 amide bonds. The summed E-state index contributed by atoms with van der Waals surface area (Å²) in [6.45, 7) is 13.3. The molecule has 0 radical (unpaired) electrons. The summed E-state index contributed by atoms with van der Waals surface area (Å²) in [6.07, 6.45) is 11.8. The number of piperidine rings is 2. The monoisotopic (exact) mass is 1250 g/mol. The van der Waals surface area contributed by atoms with Crippen molar-refractivity contribution >= 4 is 39.4 Å². The van der Waals surface area contributed by atoms with Gasteiger partial charge in [-0.15, -0.1) is 5.92 Å². The quantitative estimate of drug-likeness (QED) is 0.0461. The zero-order valence-electron chi connectivity index (χ0n) is 52.8. The summed E-state index contributed by atoms with van der Waals surface area (Å²) >= 11 is 0. The van der Waals surface area contributed by atoms with Crippen LogP contribution in [0.3, 0.4) is 0 Å². The first kappa shape index (κ1) is 65.7. The Labute approximate surface area is 531 Å². The van der Waals surface area contributed by atoms with Crippen molar-refractivity contribution in [3.05, 3.63) is 53.1 Å². The minimum Gasteiger partial charge on any atom is -0.508 e. The number of nitrogens with zero attached hydrogens (tertiary/aromatic N) is 1. The van der Waals surface area contributed by atoms with E-state index in [9.17, 15) is 35.1 Å². The highest BCUT2D eigenvalue weighted by Crippen LogP contribution is 2.65. The summed E-state index contributed by atoms with van der Waals surface area (Å²) in [6, 6.07) is 11.0. The predicted octanol–water partition coefficient (Wildman–Crippen LogP) is 8.74. The van der Waals surface area contributed by atoms with Gasteiger partial charge in [0.25, 0.3) is 0 Å². The lowest BCUT2D eigenvalue weighted by molar-refractivity contribution is -0.183. The molecule has 5 aliphatic heterocycles. The van der Waals surface area contributed by atoms with Crippen LogP contribution in [0, 0.1) is 64.1 Å². The molecule has 16 nitrogen and oxygen atoms in total. The SMILES string of the molecule is CC(=O)O[C@H]1C[C@@H](OC(=O)[C@]23CCCC[C@H]2CCC(=O)N3)C2(CCNCC2)[C@H]2c3ccc(O)c4c3[C@H](C[C@@H]2C#CC[C@H]2C[C@@](C)(O)CSSC[C@H](NC[C@H](Cc3ccc(O)cc3)C[C@H](C)CCN3CCNCC3)[C@H](O)CC[C@H]21)[C@@H](C1(CO)CCCC1)CO4. The Kier molecular flexibility index (Phi) is 21.7. The van der Waals surface area contributed by atoms with Gasteiger partial charge in [-0.05, 0) is 182 Å². The molecule has 11 rings (SSSR count). The summed E-state index contributed by atoms with van der Waals surface area (Å²) in [5.41, 5.74) is -0.369. The number of aliphatic hydroxyl groups is 3. The molecular weight excluding hydrogens is 1150 g/mol. The highest BCUT2D eigenvalue weighted by Gasteiger charge is 2.61. The molecule has 9 aliphatic rings. The van der Waals surface area contributed by atoms with Gasteiger partial charge in [-0.1, -0.05) is 78.3 Å². The van der Waals surface area contributed by atoms with Gasteiger partial charge >= 0.3 is 11.9 Å². The molecule has 2 aromatic carbocycles. The number of aromatic hydroxyl groups is 2. The number of rotatable bonds is 15. The standard InChI is InChI=1S/C70H103N5O11S2/c1-45(22-32-75-33-30-72-31-34-75)35-48(36-47-12-15-52(78)16-13-47)40-73-57-42-87-88-44-67(3,83)39-50-10-8-9-49-37-55-56(68(43-76)23-6-7-24-68)41-84-65-59(80)20-18-54(63(55)65)64(49)69(26-28-71-29-27-69)61(38-60(85-46(2)77)53(50)17-19-58(57)79)86-66(82)70-25-5-4-11-51(70)14-21-62(81)74-70/h12-13,15-16,18,20,45,48-51,53,55-58,60-61,64,71-73,76,78-80,83H,4-7,10-11,14,17,19,21-44H2,1-3H3,(H,74,81)/t45-,48+,49+,50+,51+,53-,55-,56+,57+,58-,60+,61-,64-,67-,70+/m1/s1. The van der Waals surface area contributed by atoms with Crippen LogP contribution in [0.15, 0.2) is 36.4 Å². The number of benzene rings is 2. The van der Waals surface area contributed by atoms with E-state index in [1.54, 1.807) is 39.8 Å². The Morgan fingerprint density at radius 1 is 0.920 bits per heavy atom. The second-order valence-electron chi connectivity index (χ2n) is 29.1. The maximum atomic E-state index is 15.9. The van der Waals surface area contributed by atoms with E-state index in [0.717, 1.165) is 114 Å². The molecule has 1 spiro atoms. The number of amides is 1. The molecule has 15 atom stereocenters. The summed E-state index contributed by atoms with van der Waals surface area (Å²) < 4.78 is 20.9. The second kappa shape index (κ2) is 29.0. The Hall–Kier alpha value is -3.77. The van der Waals surface area contributed by atoms with Crippen molar-refractivity contribution in [3.8, 4) is 29.1 Å². The zero-order chi connectivity index (χ0) is 61.6. The fourth-order valence-corrected chi connectivity index (χ4v) is 21.4. The Balaban J connectivity index is 0.971. The van der Waals surface area contributed by atoms with Crippen LogP contribution in [0.2, 0.25) is 0 Å². The van der Waals surface area contributed by atoms with E-state index in [1.807, 2.05) is 19.1 Å². The van der Waals surface area contributed by atoms with E-state index in [-0.39, 0.29) is 83.3 Å². The molecule has 0 unspecified atom stereocenters. The Morgan fingerprint density at radius 3 is 2.44 bits per heavy atom.